The predicted octanol–water partition coefficient (Wildman–Crippen LogP) is 10.3. The van der Waals surface area contributed by atoms with E-state index in [1.165, 1.54) is 0 Å². The van der Waals surface area contributed by atoms with Crippen molar-refractivity contribution in [3.63, 3.8) is 0 Å². The monoisotopic (exact) mass is 488 g/mol. The second kappa shape index (κ2) is 6.87. The Labute approximate surface area is 241 Å². The highest BCUT2D eigenvalue weighted by Gasteiger charge is 2.24. The van der Waals surface area contributed by atoms with Crippen LogP contribution in [0.2, 0.25) is 0 Å². The molecular weight excluding hydrogens is 448 g/mol. The van der Waals surface area contributed by atoms with E-state index in [0.29, 0.717) is 0 Å². The summed E-state index contributed by atoms with van der Waals surface area (Å²) in [5.41, 5.74) is -1.74. The highest BCUT2D eigenvalue weighted by Crippen LogP contribution is 2.51. The topological polar surface area (TPSA) is 9.23 Å². The maximum Gasteiger partial charge on any atom is 0.143 e. The van der Waals surface area contributed by atoms with Crippen molar-refractivity contribution in [3.05, 3.63) is 121 Å². The van der Waals surface area contributed by atoms with Gasteiger partial charge in [0.1, 0.15) is 11.5 Å². The first-order chi connectivity index (χ1) is 26.7. The van der Waals surface area contributed by atoms with Crippen molar-refractivity contribution >= 4 is 53.9 Å². The molecule has 170 valence electrons. The summed E-state index contributed by atoms with van der Waals surface area (Å²) in [5.74, 6) is -0.979. The third-order valence-corrected chi connectivity index (χ3v) is 6.62. The largest absolute Gasteiger partial charge is 0.455 e. The number of fused-ring (bicyclic) bond motifs is 4. The Morgan fingerprint density at radius 3 is 1.86 bits per heavy atom. The molecule has 0 saturated heterocycles. The van der Waals surface area contributed by atoms with Gasteiger partial charge >= 0.3 is 0 Å². The molecule has 0 fully saturated rings. The summed E-state index contributed by atoms with van der Waals surface area (Å²) in [6.07, 6.45) is 0. The number of ether oxygens (including phenoxy) is 1. The molecule has 0 unspecified atom stereocenters. The maximum atomic E-state index is 9.38. The van der Waals surface area contributed by atoms with Gasteiger partial charge in [0, 0.05) is 16.3 Å². The smallest absolute Gasteiger partial charge is 0.143 e. The summed E-state index contributed by atoms with van der Waals surface area (Å²) in [5, 5.41) is -3.29. The molecule has 0 bridgehead atoms. The first-order valence-electron chi connectivity index (χ1n) is 21.2. The summed E-state index contributed by atoms with van der Waals surface area (Å²) < 4.78 is 184. The fourth-order valence-electron chi connectivity index (χ4n) is 5.03. The van der Waals surface area contributed by atoms with E-state index < -0.39 is 154 Å². The van der Waals surface area contributed by atoms with Gasteiger partial charge in [-0.15, -0.1) is 0 Å². The molecule has 0 aromatic heterocycles. The van der Waals surface area contributed by atoms with Crippen LogP contribution in [0.15, 0.2) is 121 Å². The van der Waals surface area contributed by atoms with E-state index in [1.807, 2.05) is 0 Å². The summed E-state index contributed by atoms with van der Waals surface area (Å²) in [4.78, 5) is 0. The van der Waals surface area contributed by atoms with E-state index in [1.54, 1.807) is 0 Å². The Morgan fingerprint density at radius 1 is 0.378 bits per heavy atom. The van der Waals surface area contributed by atoms with E-state index >= 15 is 0 Å². The molecule has 8 aromatic carbocycles. The van der Waals surface area contributed by atoms with Gasteiger partial charge < -0.3 is 4.74 Å². The van der Waals surface area contributed by atoms with Gasteiger partial charge in [0.2, 0.25) is 0 Å². The molecule has 9 rings (SSSR count). The van der Waals surface area contributed by atoms with Crippen LogP contribution >= 0.6 is 0 Å². The van der Waals surface area contributed by atoms with E-state index in [4.69, 9.17) is 25.3 Å². The molecule has 1 nitrogen and oxygen atoms in total. The number of benzene rings is 8. The Balaban J connectivity index is 1.57. The third kappa shape index (κ3) is 2.48. The standard InChI is InChI=1S/C36H20O/c1-2-8-25-21(5-1)13-18-31-29-10-4-9-28-27(19-20-32(35(28)29)37-36(25)31)26-16-14-24-12-11-22-6-3-7-23-15-17-30(26)34(24)33(22)23/h1-20H/i1D,2D,3D,4D,5D,6D,7D,8D,9D,10D,11D,12D,13D,14D,15D,16D,17D,18D,19D,20D. The predicted molar refractivity (Wildman–Crippen MR) is 156 cm³/mol. The summed E-state index contributed by atoms with van der Waals surface area (Å²) in [7, 11) is 0. The molecule has 0 amide bonds. The van der Waals surface area contributed by atoms with Crippen LogP contribution in [-0.4, -0.2) is 0 Å². The molecule has 1 heterocycles. The normalized spacial score (nSPS) is 20.1. The van der Waals surface area contributed by atoms with Crippen LogP contribution in [-0.2, 0) is 0 Å². The van der Waals surface area contributed by atoms with E-state index in [2.05, 4.69) is 0 Å². The van der Waals surface area contributed by atoms with E-state index in [0.717, 1.165) is 0 Å². The van der Waals surface area contributed by atoms with Crippen molar-refractivity contribution in [1.82, 2.24) is 0 Å². The Kier molecular flexibility index (Phi) is 1.60. The van der Waals surface area contributed by atoms with E-state index in [9.17, 15) is 6.85 Å². The second-order valence-electron chi connectivity index (χ2n) is 8.51. The zero-order chi connectivity index (χ0) is 41.5. The number of hydrogen-bond acceptors (Lipinski definition) is 1. The fraction of sp³-hybridized carbons (Fsp3) is 0. The summed E-state index contributed by atoms with van der Waals surface area (Å²) in [6.45, 7) is 0. The molecule has 8 aromatic rings. The van der Waals surface area contributed by atoms with Crippen molar-refractivity contribution in [3.8, 4) is 33.8 Å². The highest BCUT2D eigenvalue weighted by molar-refractivity contribution is 6.26. The first-order valence-corrected chi connectivity index (χ1v) is 11.2. The zero-order valence-corrected chi connectivity index (χ0v) is 18.4. The lowest BCUT2D eigenvalue weighted by atomic mass is 9.86. The fourth-order valence-corrected chi connectivity index (χ4v) is 5.03. The molecule has 37 heavy (non-hydrogen) atoms. The average molecular weight is 489 g/mol. The van der Waals surface area contributed by atoms with Crippen molar-refractivity contribution in [2.75, 3.05) is 0 Å². The lowest BCUT2D eigenvalue weighted by Gasteiger charge is -2.24. The van der Waals surface area contributed by atoms with Gasteiger partial charge in [-0.1, -0.05) is 109 Å². The first kappa shape index (κ1) is 8.61. The van der Waals surface area contributed by atoms with Crippen molar-refractivity contribution in [2.45, 2.75) is 0 Å². The van der Waals surface area contributed by atoms with Crippen LogP contribution in [0.25, 0.3) is 76.1 Å². The molecular formula is C36H20O. The molecule has 0 N–H and O–H groups in total. The van der Waals surface area contributed by atoms with Crippen LogP contribution in [0, 0.1) is 0 Å². The number of hydrogen-bond donors (Lipinski definition) is 0. The van der Waals surface area contributed by atoms with Crippen molar-refractivity contribution in [1.29, 1.82) is 0 Å². The van der Waals surface area contributed by atoms with E-state index in [-0.39, 0.29) is 54.2 Å². The van der Waals surface area contributed by atoms with Crippen LogP contribution in [0.4, 0.5) is 0 Å². The third-order valence-electron chi connectivity index (χ3n) is 6.62. The minimum atomic E-state index is -0.802. The lowest BCUT2D eigenvalue weighted by molar-refractivity contribution is 0.493. The Morgan fingerprint density at radius 2 is 0.973 bits per heavy atom. The van der Waals surface area contributed by atoms with Crippen LogP contribution < -0.4 is 4.74 Å². The van der Waals surface area contributed by atoms with Crippen LogP contribution in [0.1, 0.15) is 27.4 Å². The summed E-state index contributed by atoms with van der Waals surface area (Å²) >= 11 is 0. The Hall–Kier alpha value is -4.88. The zero-order valence-electron chi connectivity index (χ0n) is 38.4. The second-order valence-corrected chi connectivity index (χ2v) is 8.51. The van der Waals surface area contributed by atoms with Crippen molar-refractivity contribution in [2.24, 2.45) is 0 Å². The van der Waals surface area contributed by atoms with Gasteiger partial charge in [0.05, 0.1) is 27.4 Å². The van der Waals surface area contributed by atoms with Gasteiger partial charge in [-0.2, -0.15) is 0 Å². The van der Waals surface area contributed by atoms with Gasteiger partial charge in [-0.25, -0.2) is 0 Å². The van der Waals surface area contributed by atoms with Gasteiger partial charge in [0.25, 0.3) is 0 Å². The van der Waals surface area contributed by atoms with Crippen LogP contribution in [0.5, 0.6) is 11.5 Å². The lowest BCUT2D eigenvalue weighted by Crippen LogP contribution is -1.99. The maximum absolute atomic E-state index is 9.38. The van der Waals surface area contributed by atoms with Crippen LogP contribution in [0.3, 0.4) is 0 Å². The van der Waals surface area contributed by atoms with Gasteiger partial charge in [-0.05, 0) is 71.9 Å². The molecule has 0 aliphatic carbocycles. The molecule has 1 heteroatoms. The Bertz CT molecular complexity index is 3290. The van der Waals surface area contributed by atoms with Crippen molar-refractivity contribution < 1.29 is 32.2 Å². The SMILES string of the molecule is [2H]c1c([2H])c([2H])c2c3c(c([2H])c([2H])c2c1[2H])-c1c([2H])c([2H])c([2H])c2c(-c4c([2H])c([2H])c5c([2H])c([2H])c6c([2H])c([2H])c([2H])c7c([2H])c([2H])c4c5c67)c([2H])c([2H])c(c12)O3. The minimum Gasteiger partial charge on any atom is -0.455 e. The van der Waals surface area contributed by atoms with Gasteiger partial charge in [-0.3, -0.25) is 0 Å². The van der Waals surface area contributed by atoms with Gasteiger partial charge in [0.15, 0.2) is 0 Å². The molecule has 0 spiro atoms. The molecule has 0 radical (unpaired) electrons. The molecule has 1 aliphatic heterocycles. The number of rotatable bonds is 1. The molecule has 1 aliphatic rings. The average Bonchev–Trinajstić information content (AvgIpc) is 3.18. The molecule has 0 atom stereocenters. The minimum absolute atomic E-state index is 0.181. The molecule has 0 saturated carbocycles. The quantitative estimate of drug-likeness (QED) is 0.209. The summed E-state index contributed by atoms with van der Waals surface area (Å²) in [6, 6.07) is -14.0. The highest BCUT2D eigenvalue weighted by atomic mass is 16.5.